The molecule has 2 saturated carbocycles. The number of imidazole rings is 1. The Kier molecular flexibility index (Phi) is 1.70. The number of fused-ring (bicyclic) bond motifs is 2. The largest absolute Gasteiger partial charge is 0.342 e. The second-order valence-electron chi connectivity index (χ2n) is 5.18. The molecule has 0 spiro atoms. The highest BCUT2D eigenvalue weighted by atomic mass is 35.5. The number of aromatic amines is 1. The van der Waals surface area contributed by atoms with E-state index >= 15 is 0 Å². The summed E-state index contributed by atoms with van der Waals surface area (Å²) in [4.78, 5) is 8.09. The van der Waals surface area contributed by atoms with E-state index in [1.807, 2.05) is 18.2 Å². The Morgan fingerprint density at radius 2 is 2.00 bits per heavy atom. The molecule has 82 valence electrons. The number of nitrogens with one attached hydrogen (secondary N) is 1. The molecule has 2 aliphatic carbocycles. The minimum absolute atomic E-state index is 0.646. The monoisotopic (exact) mass is 232 g/mol. The van der Waals surface area contributed by atoms with Crippen LogP contribution in [0.25, 0.3) is 11.0 Å². The lowest BCUT2D eigenvalue weighted by molar-refractivity contribution is 0.597. The van der Waals surface area contributed by atoms with Crippen molar-refractivity contribution in [3.8, 4) is 0 Å². The predicted molar refractivity (Wildman–Crippen MR) is 64.7 cm³/mol. The molecule has 3 heteroatoms. The molecule has 0 saturated heterocycles. The van der Waals surface area contributed by atoms with Gasteiger partial charge in [0.2, 0.25) is 0 Å². The van der Waals surface area contributed by atoms with E-state index in [9.17, 15) is 0 Å². The highest BCUT2D eigenvalue weighted by molar-refractivity contribution is 6.34. The molecule has 2 aliphatic rings. The van der Waals surface area contributed by atoms with Gasteiger partial charge < -0.3 is 4.98 Å². The number of aromatic nitrogens is 2. The van der Waals surface area contributed by atoms with Crippen molar-refractivity contribution in [1.29, 1.82) is 0 Å². The third kappa shape index (κ3) is 1.23. The summed E-state index contributed by atoms with van der Waals surface area (Å²) in [5.74, 6) is 3.78. The summed E-state index contributed by atoms with van der Waals surface area (Å²) in [6, 6.07) is 5.92. The van der Waals surface area contributed by atoms with E-state index in [-0.39, 0.29) is 0 Å². The van der Waals surface area contributed by atoms with Crippen molar-refractivity contribution in [1.82, 2.24) is 9.97 Å². The van der Waals surface area contributed by atoms with Gasteiger partial charge in [-0.05, 0) is 43.2 Å². The zero-order valence-electron chi connectivity index (χ0n) is 8.91. The van der Waals surface area contributed by atoms with E-state index in [1.54, 1.807) is 0 Å². The number of halogens is 1. The van der Waals surface area contributed by atoms with Gasteiger partial charge in [0.1, 0.15) is 11.3 Å². The number of benzene rings is 1. The summed E-state index contributed by atoms with van der Waals surface area (Å²) in [6.45, 7) is 0. The van der Waals surface area contributed by atoms with Gasteiger partial charge in [0.25, 0.3) is 0 Å². The highest BCUT2D eigenvalue weighted by Gasteiger charge is 2.46. The van der Waals surface area contributed by atoms with Gasteiger partial charge in [-0.2, -0.15) is 0 Å². The second kappa shape index (κ2) is 3.01. The normalized spacial score (nSPS) is 31.9. The van der Waals surface area contributed by atoms with E-state index < -0.39 is 0 Å². The number of para-hydroxylation sites is 1. The fourth-order valence-corrected chi connectivity index (χ4v) is 3.36. The Morgan fingerprint density at radius 1 is 1.19 bits per heavy atom. The number of hydrogen-bond donors (Lipinski definition) is 1. The van der Waals surface area contributed by atoms with Crippen molar-refractivity contribution in [2.75, 3.05) is 0 Å². The first-order valence-corrected chi connectivity index (χ1v) is 6.33. The fourth-order valence-electron chi connectivity index (χ4n) is 3.15. The summed E-state index contributed by atoms with van der Waals surface area (Å²) in [7, 11) is 0. The van der Waals surface area contributed by atoms with E-state index in [2.05, 4.69) is 9.97 Å². The molecule has 1 aromatic heterocycles. The fraction of sp³-hybridized carbons (Fsp3) is 0.462. The van der Waals surface area contributed by atoms with E-state index in [1.165, 1.54) is 19.3 Å². The number of rotatable bonds is 1. The summed E-state index contributed by atoms with van der Waals surface area (Å²) < 4.78 is 0. The minimum Gasteiger partial charge on any atom is -0.342 e. The first-order valence-electron chi connectivity index (χ1n) is 5.95. The first kappa shape index (κ1) is 9.06. The van der Waals surface area contributed by atoms with Crippen LogP contribution in [0.15, 0.2) is 18.2 Å². The summed E-state index contributed by atoms with van der Waals surface area (Å²) in [5, 5.41) is 0.753. The van der Waals surface area contributed by atoms with Gasteiger partial charge in [0.05, 0.1) is 10.5 Å². The number of H-pyrrole nitrogens is 1. The average molecular weight is 233 g/mol. The smallest absolute Gasteiger partial charge is 0.110 e. The van der Waals surface area contributed by atoms with Crippen LogP contribution in [0, 0.1) is 11.8 Å². The van der Waals surface area contributed by atoms with Gasteiger partial charge in [-0.25, -0.2) is 4.98 Å². The Morgan fingerprint density at radius 3 is 2.75 bits per heavy atom. The van der Waals surface area contributed by atoms with E-state index in [4.69, 9.17) is 11.6 Å². The van der Waals surface area contributed by atoms with Crippen LogP contribution < -0.4 is 0 Å². The molecule has 2 unspecified atom stereocenters. The molecule has 2 aromatic rings. The van der Waals surface area contributed by atoms with Crippen molar-refractivity contribution < 1.29 is 0 Å². The third-order valence-corrected chi connectivity index (χ3v) is 4.42. The van der Waals surface area contributed by atoms with Crippen molar-refractivity contribution >= 4 is 22.6 Å². The van der Waals surface area contributed by atoms with Crippen molar-refractivity contribution in [2.45, 2.75) is 25.2 Å². The second-order valence-corrected chi connectivity index (χ2v) is 5.59. The Labute approximate surface area is 99.0 Å². The maximum absolute atomic E-state index is 6.13. The van der Waals surface area contributed by atoms with Crippen LogP contribution in [0.1, 0.15) is 31.0 Å². The zero-order valence-corrected chi connectivity index (χ0v) is 9.67. The summed E-state index contributed by atoms with van der Waals surface area (Å²) in [6.07, 6.45) is 4.10. The molecule has 4 rings (SSSR count). The van der Waals surface area contributed by atoms with Crippen molar-refractivity contribution in [2.24, 2.45) is 11.8 Å². The van der Waals surface area contributed by atoms with Gasteiger partial charge in [0, 0.05) is 5.92 Å². The molecule has 2 atom stereocenters. The Bertz CT molecular complexity index is 550. The van der Waals surface area contributed by atoms with Gasteiger partial charge in [-0.1, -0.05) is 17.7 Å². The molecule has 2 fully saturated rings. The molecule has 1 aromatic carbocycles. The lowest BCUT2D eigenvalue weighted by atomic mass is 10.0. The third-order valence-electron chi connectivity index (χ3n) is 4.11. The van der Waals surface area contributed by atoms with Gasteiger partial charge >= 0.3 is 0 Å². The van der Waals surface area contributed by atoms with E-state index in [0.717, 1.165) is 33.7 Å². The van der Waals surface area contributed by atoms with E-state index in [0.29, 0.717) is 5.92 Å². The number of hydrogen-bond acceptors (Lipinski definition) is 1. The maximum atomic E-state index is 6.13. The van der Waals surface area contributed by atoms with Crippen molar-refractivity contribution in [3.05, 3.63) is 29.0 Å². The summed E-state index contributed by atoms with van der Waals surface area (Å²) >= 11 is 6.13. The van der Waals surface area contributed by atoms with Crippen LogP contribution in [-0.2, 0) is 0 Å². The van der Waals surface area contributed by atoms with Crippen LogP contribution in [-0.4, -0.2) is 9.97 Å². The number of nitrogens with zero attached hydrogens (tertiary/aromatic N) is 1. The molecule has 1 N–H and O–H groups in total. The van der Waals surface area contributed by atoms with Gasteiger partial charge in [-0.3, -0.25) is 0 Å². The molecule has 0 bridgehead atoms. The lowest BCUT2D eigenvalue weighted by Gasteiger charge is -2.06. The van der Waals surface area contributed by atoms with Crippen LogP contribution >= 0.6 is 11.6 Å². The molecular formula is C13H13ClN2. The molecule has 0 radical (unpaired) electrons. The molecule has 0 aliphatic heterocycles. The minimum atomic E-state index is 0.646. The molecule has 1 heterocycles. The molecular weight excluding hydrogens is 220 g/mol. The lowest BCUT2D eigenvalue weighted by Crippen LogP contribution is -1.97. The molecule has 2 nitrogen and oxygen atoms in total. The van der Waals surface area contributed by atoms with Crippen LogP contribution in [0.5, 0.6) is 0 Å². The Balaban J connectivity index is 1.78. The van der Waals surface area contributed by atoms with Crippen molar-refractivity contribution in [3.63, 3.8) is 0 Å². The molecule has 16 heavy (non-hydrogen) atoms. The van der Waals surface area contributed by atoms with Crippen LogP contribution in [0.2, 0.25) is 5.02 Å². The van der Waals surface area contributed by atoms with Crippen LogP contribution in [0.4, 0.5) is 0 Å². The maximum Gasteiger partial charge on any atom is 0.110 e. The predicted octanol–water partition coefficient (Wildman–Crippen LogP) is 3.73. The van der Waals surface area contributed by atoms with Crippen LogP contribution in [0.3, 0.4) is 0 Å². The standard InChI is InChI=1S/C13H13ClN2/c14-10-2-1-3-11-12(10)16-13(15-11)9-5-7-4-8(7)6-9/h1-3,7-9H,4-6H2,(H,15,16). The average Bonchev–Trinajstić information content (AvgIpc) is 2.77. The summed E-state index contributed by atoms with van der Waals surface area (Å²) in [5.41, 5.74) is 2.00. The topological polar surface area (TPSA) is 28.7 Å². The zero-order chi connectivity index (χ0) is 10.7. The van der Waals surface area contributed by atoms with Gasteiger partial charge in [0.15, 0.2) is 0 Å². The highest BCUT2D eigenvalue weighted by Crippen LogP contribution is 2.57. The quantitative estimate of drug-likeness (QED) is 0.798. The molecule has 0 amide bonds. The SMILES string of the molecule is Clc1cccc2[nH]c(C3CC4CC4C3)nc12. The van der Waals surface area contributed by atoms with Gasteiger partial charge in [-0.15, -0.1) is 0 Å². The Hall–Kier alpha value is -1.02. The first-order chi connectivity index (χ1) is 7.81.